The summed E-state index contributed by atoms with van der Waals surface area (Å²) in [5.41, 5.74) is 1.43. The van der Waals surface area contributed by atoms with Crippen LogP contribution in [0.1, 0.15) is 19.4 Å². The van der Waals surface area contributed by atoms with Gasteiger partial charge in [0.05, 0.1) is 4.90 Å². The van der Waals surface area contributed by atoms with Gasteiger partial charge in [-0.1, -0.05) is 29.8 Å². The predicted molar refractivity (Wildman–Crippen MR) is 110 cm³/mol. The fraction of sp³-hybridized carbons (Fsp3) is 0.316. The average Bonchev–Trinajstić information content (AvgIpc) is 2.62. The number of rotatable bonds is 8. The Balaban J connectivity index is 1.98. The van der Waals surface area contributed by atoms with Crippen molar-refractivity contribution in [2.45, 2.75) is 25.7 Å². The van der Waals surface area contributed by atoms with E-state index in [9.17, 15) is 13.2 Å². The van der Waals surface area contributed by atoms with Gasteiger partial charge in [0.25, 0.3) is 5.91 Å². The van der Waals surface area contributed by atoms with Crippen molar-refractivity contribution in [2.75, 3.05) is 25.0 Å². The van der Waals surface area contributed by atoms with E-state index in [1.807, 2.05) is 19.1 Å². The molecule has 2 aromatic rings. The number of sulfonamides is 1. The lowest BCUT2D eigenvalue weighted by Gasteiger charge is -2.18. The Morgan fingerprint density at radius 2 is 1.74 bits per heavy atom. The standard InChI is InChI=1S/C19H23BrN2O4S/c1-4-22(5-2)27(24,25)17-9-7-16(8-10-17)21-19(23)13-26-18-11-6-15(20)12-14(18)3/h6-12H,4-5,13H2,1-3H3,(H,21,23). The molecule has 0 atom stereocenters. The van der Waals surface area contributed by atoms with E-state index in [0.717, 1.165) is 10.0 Å². The second-order valence-electron chi connectivity index (χ2n) is 5.86. The van der Waals surface area contributed by atoms with Gasteiger partial charge in [-0.05, 0) is 55.0 Å². The summed E-state index contributed by atoms with van der Waals surface area (Å²) in [6.07, 6.45) is 0. The first kappa shape index (κ1) is 21.4. The van der Waals surface area contributed by atoms with E-state index in [0.29, 0.717) is 24.5 Å². The monoisotopic (exact) mass is 454 g/mol. The number of carbonyl (C=O) groups excluding carboxylic acids is 1. The van der Waals surface area contributed by atoms with Crippen LogP contribution in [0.15, 0.2) is 51.8 Å². The number of carbonyl (C=O) groups is 1. The summed E-state index contributed by atoms with van der Waals surface area (Å²) in [6, 6.07) is 11.7. The summed E-state index contributed by atoms with van der Waals surface area (Å²) in [4.78, 5) is 12.3. The maximum Gasteiger partial charge on any atom is 0.262 e. The molecule has 0 spiro atoms. The molecule has 0 aliphatic carbocycles. The molecule has 2 aromatic carbocycles. The molecule has 2 rings (SSSR count). The van der Waals surface area contributed by atoms with Gasteiger partial charge in [0.2, 0.25) is 10.0 Å². The third kappa shape index (κ3) is 5.54. The summed E-state index contributed by atoms with van der Waals surface area (Å²) < 4.78 is 32.8. The average molecular weight is 455 g/mol. The Hall–Kier alpha value is -1.90. The number of ether oxygens (including phenoxy) is 1. The maximum absolute atomic E-state index is 12.5. The normalized spacial score (nSPS) is 11.4. The Labute approximate surface area is 168 Å². The minimum Gasteiger partial charge on any atom is -0.483 e. The highest BCUT2D eigenvalue weighted by molar-refractivity contribution is 9.10. The molecule has 1 N–H and O–H groups in total. The van der Waals surface area contributed by atoms with Crippen LogP contribution in [0.25, 0.3) is 0 Å². The first-order valence-electron chi connectivity index (χ1n) is 8.57. The number of hydrogen-bond acceptors (Lipinski definition) is 4. The van der Waals surface area contributed by atoms with Crippen LogP contribution >= 0.6 is 15.9 Å². The molecule has 0 radical (unpaired) electrons. The summed E-state index contributed by atoms with van der Waals surface area (Å²) in [5, 5.41) is 2.70. The van der Waals surface area contributed by atoms with Crippen LogP contribution in [0, 0.1) is 6.92 Å². The lowest BCUT2D eigenvalue weighted by Crippen LogP contribution is -2.30. The topological polar surface area (TPSA) is 75.7 Å². The van der Waals surface area contributed by atoms with Gasteiger partial charge < -0.3 is 10.1 Å². The zero-order chi connectivity index (χ0) is 20.0. The molecular formula is C19H23BrN2O4S. The van der Waals surface area contributed by atoms with E-state index in [1.165, 1.54) is 16.4 Å². The Morgan fingerprint density at radius 3 is 2.30 bits per heavy atom. The molecule has 0 unspecified atom stereocenters. The summed E-state index contributed by atoms with van der Waals surface area (Å²) >= 11 is 3.38. The van der Waals surface area contributed by atoms with Crippen molar-refractivity contribution in [1.82, 2.24) is 4.31 Å². The molecule has 0 aliphatic heterocycles. The molecule has 6 nitrogen and oxygen atoms in total. The molecule has 8 heteroatoms. The van der Waals surface area contributed by atoms with Crippen molar-refractivity contribution in [3.05, 3.63) is 52.5 Å². The van der Waals surface area contributed by atoms with E-state index in [4.69, 9.17) is 4.74 Å². The lowest BCUT2D eigenvalue weighted by atomic mass is 10.2. The maximum atomic E-state index is 12.5. The minimum atomic E-state index is -3.51. The van der Waals surface area contributed by atoms with Gasteiger partial charge in [0.1, 0.15) is 5.75 Å². The smallest absolute Gasteiger partial charge is 0.262 e. The summed E-state index contributed by atoms with van der Waals surface area (Å²) in [7, 11) is -3.51. The number of nitrogens with one attached hydrogen (secondary N) is 1. The van der Waals surface area contributed by atoms with Gasteiger partial charge >= 0.3 is 0 Å². The van der Waals surface area contributed by atoms with Crippen molar-refractivity contribution in [1.29, 1.82) is 0 Å². The fourth-order valence-corrected chi connectivity index (χ4v) is 4.47. The van der Waals surface area contributed by atoms with Crippen molar-refractivity contribution < 1.29 is 17.9 Å². The van der Waals surface area contributed by atoms with Crippen LogP contribution < -0.4 is 10.1 Å². The van der Waals surface area contributed by atoms with E-state index in [1.54, 1.807) is 32.0 Å². The van der Waals surface area contributed by atoms with E-state index in [-0.39, 0.29) is 17.4 Å². The predicted octanol–water partition coefficient (Wildman–Crippen LogP) is 3.81. The molecule has 0 bridgehead atoms. The summed E-state index contributed by atoms with van der Waals surface area (Å²) in [5.74, 6) is 0.311. The van der Waals surface area contributed by atoms with Crippen LogP contribution in [0.5, 0.6) is 5.75 Å². The number of hydrogen-bond donors (Lipinski definition) is 1. The molecule has 0 fully saturated rings. The van der Waals surface area contributed by atoms with Gasteiger partial charge in [0.15, 0.2) is 6.61 Å². The largest absolute Gasteiger partial charge is 0.483 e. The van der Waals surface area contributed by atoms with Crippen LogP contribution in [-0.4, -0.2) is 38.3 Å². The molecule has 0 aliphatic rings. The molecule has 1 amide bonds. The second-order valence-corrected chi connectivity index (χ2v) is 8.71. The molecule has 0 saturated heterocycles. The van der Waals surface area contributed by atoms with Gasteiger partial charge in [-0.3, -0.25) is 4.79 Å². The Morgan fingerprint density at radius 1 is 1.11 bits per heavy atom. The van der Waals surface area contributed by atoms with Gasteiger partial charge in [-0.25, -0.2) is 8.42 Å². The number of anilines is 1. The first-order valence-corrected chi connectivity index (χ1v) is 10.8. The van der Waals surface area contributed by atoms with Crippen molar-refractivity contribution in [2.24, 2.45) is 0 Å². The van der Waals surface area contributed by atoms with Crippen LogP contribution in [0.2, 0.25) is 0 Å². The van der Waals surface area contributed by atoms with Crippen molar-refractivity contribution in [3.63, 3.8) is 0 Å². The van der Waals surface area contributed by atoms with Gasteiger partial charge in [-0.15, -0.1) is 0 Å². The first-order chi connectivity index (χ1) is 12.8. The summed E-state index contributed by atoms with van der Waals surface area (Å²) in [6.45, 7) is 6.16. The number of aryl methyl sites for hydroxylation is 1. The number of benzene rings is 2. The Bertz CT molecular complexity index is 894. The Kier molecular flexibility index (Phi) is 7.41. The quantitative estimate of drug-likeness (QED) is 0.657. The molecule has 0 saturated carbocycles. The third-order valence-electron chi connectivity index (χ3n) is 3.98. The highest BCUT2D eigenvalue weighted by Gasteiger charge is 2.21. The number of nitrogens with zero attached hydrogens (tertiary/aromatic N) is 1. The zero-order valence-electron chi connectivity index (χ0n) is 15.5. The van der Waals surface area contributed by atoms with Crippen molar-refractivity contribution >= 4 is 37.5 Å². The van der Waals surface area contributed by atoms with Gasteiger partial charge in [-0.2, -0.15) is 4.31 Å². The van der Waals surface area contributed by atoms with Crippen LogP contribution in [0.3, 0.4) is 0 Å². The third-order valence-corrected chi connectivity index (χ3v) is 6.53. The molecule has 0 heterocycles. The van der Waals surface area contributed by atoms with Crippen molar-refractivity contribution in [3.8, 4) is 5.75 Å². The number of halogens is 1. The highest BCUT2D eigenvalue weighted by atomic mass is 79.9. The second kappa shape index (κ2) is 9.34. The molecule has 0 aromatic heterocycles. The molecular weight excluding hydrogens is 432 g/mol. The lowest BCUT2D eigenvalue weighted by molar-refractivity contribution is -0.118. The van der Waals surface area contributed by atoms with Crippen LogP contribution in [-0.2, 0) is 14.8 Å². The van der Waals surface area contributed by atoms with E-state index < -0.39 is 10.0 Å². The van der Waals surface area contributed by atoms with E-state index >= 15 is 0 Å². The van der Waals surface area contributed by atoms with Crippen LogP contribution in [0.4, 0.5) is 5.69 Å². The molecule has 27 heavy (non-hydrogen) atoms. The van der Waals surface area contributed by atoms with E-state index in [2.05, 4.69) is 21.2 Å². The fourth-order valence-electron chi connectivity index (χ4n) is 2.54. The SMILES string of the molecule is CCN(CC)S(=O)(=O)c1ccc(NC(=O)COc2ccc(Br)cc2C)cc1. The zero-order valence-corrected chi connectivity index (χ0v) is 17.9. The minimum absolute atomic E-state index is 0.137. The number of amides is 1. The van der Waals surface area contributed by atoms with Gasteiger partial charge in [0, 0.05) is 23.2 Å². The molecule has 146 valence electrons. The highest BCUT2D eigenvalue weighted by Crippen LogP contribution is 2.22.